The van der Waals surface area contributed by atoms with E-state index in [0.717, 1.165) is 5.69 Å². The van der Waals surface area contributed by atoms with Gasteiger partial charge in [-0.15, -0.1) is 11.3 Å². The van der Waals surface area contributed by atoms with Crippen molar-refractivity contribution in [3.05, 3.63) is 70.0 Å². The summed E-state index contributed by atoms with van der Waals surface area (Å²) < 4.78 is 0.559. The van der Waals surface area contributed by atoms with E-state index >= 15 is 0 Å². The molecule has 0 saturated carbocycles. The minimum Gasteiger partial charge on any atom is -0.320 e. The highest BCUT2D eigenvalue weighted by molar-refractivity contribution is 7.18. The average Bonchev–Trinajstić information content (AvgIpc) is 3.29. The number of carbonyl (C=O) groups excluding carboxylic acids is 2. The van der Waals surface area contributed by atoms with Crippen LogP contribution in [-0.2, 0) is 0 Å². The number of hydrogen-bond acceptors (Lipinski definition) is 4. The lowest BCUT2D eigenvalue weighted by molar-refractivity contribution is 0.103. The van der Waals surface area contributed by atoms with Gasteiger partial charge < -0.3 is 5.32 Å². The largest absolute Gasteiger partial charge is 0.330 e. The van der Waals surface area contributed by atoms with Gasteiger partial charge in [0.05, 0.1) is 21.1 Å². The maximum absolute atomic E-state index is 12.7. The van der Waals surface area contributed by atoms with Gasteiger partial charge >= 0.3 is 6.03 Å². The second kappa shape index (κ2) is 7.38. The Morgan fingerprint density at radius 2 is 1.81 bits per heavy atom. The third-order valence-corrected chi connectivity index (χ3v) is 5.39. The van der Waals surface area contributed by atoms with Gasteiger partial charge in [0.2, 0.25) is 0 Å². The minimum atomic E-state index is -0.242. The van der Waals surface area contributed by atoms with E-state index in [4.69, 9.17) is 11.6 Å². The molecule has 136 valence electrons. The number of hydrogen-bond donors (Lipinski definition) is 1. The molecule has 0 unspecified atom stereocenters. The van der Waals surface area contributed by atoms with Gasteiger partial charge in [-0.3, -0.25) is 14.6 Å². The Kier molecular flexibility index (Phi) is 4.79. The normalized spacial score (nSPS) is 13.9. The third-order valence-electron chi connectivity index (χ3n) is 4.16. The molecule has 1 saturated heterocycles. The van der Waals surface area contributed by atoms with Crippen LogP contribution in [0.4, 0.5) is 22.0 Å². The van der Waals surface area contributed by atoms with Gasteiger partial charge in [0, 0.05) is 18.8 Å². The summed E-state index contributed by atoms with van der Waals surface area (Å²) in [6.45, 7) is 1.16. The third kappa shape index (κ3) is 3.65. The monoisotopic (exact) mass is 398 g/mol. The molecule has 1 fully saturated rings. The van der Waals surface area contributed by atoms with Crippen molar-refractivity contribution in [3.63, 3.8) is 0 Å². The van der Waals surface area contributed by atoms with Gasteiger partial charge in [-0.05, 0) is 36.4 Å². The molecule has 2 aromatic heterocycles. The van der Waals surface area contributed by atoms with E-state index in [9.17, 15) is 9.59 Å². The van der Waals surface area contributed by atoms with E-state index in [1.165, 1.54) is 11.3 Å². The second-order valence-electron chi connectivity index (χ2n) is 5.88. The minimum absolute atomic E-state index is 0.112. The number of halogens is 1. The Balaban J connectivity index is 1.45. The first kappa shape index (κ1) is 17.5. The van der Waals surface area contributed by atoms with Crippen molar-refractivity contribution in [2.24, 2.45) is 0 Å². The molecule has 4 rings (SSSR count). The molecule has 0 bridgehead atoms. The first-order valence-corrected chi connectivity index (χ1v) is 9.48. The number of nitrogens with one attached hydrogen (secondary N) is 1. The lowest BCUT2D eigenvalue weighted by atomic mass is 10.3. The molecular weight excluding hydrogens is 384 g/mol. The molecule has 3 amide bonds. The molecule has 3 aromatic rings. The Morgan fingerprint density at radius 1 is 1.04 bits per heavy atom. The number of nitrogens with zero attached hydrogens (tertiary/aromatic N) is 3. The maximum Gasteiger partial charge on any atom is 0.330 e. The molecule has 1 aliphatic rings. The molecule has 1 aromatic carbocycles. The zero-order valence-electron chi connectivity index (χ0n) is 14.1. The van der Waals surface area contributed by atoms with Crippen molar-refractivity contribution >= 4 is 52.1 Å². The van der Waals surface area contributed by atoms with E-state index in [2.05, 4.69) is 10.3 Å². The first-order chi connectivity index (χ1) is 13.1. The van der Waals surface area contributed by atoms with Crippen LogP contribution in [-0.4, -0.2) is 30.0 Å². The molecule has 8 heteroatoms. The van der Waals surface area contributed by atoms with Crippen LogP contribution in [0.2, 0.25) is 4.34 Å². The van der Waals surface area contributed by atoms with Crippen LogP contribution < -0.4 is 15.1 Å². The van der Waals surface area contributed by atoms with Crippen LogP contribution in [0.1, 0.15) is 9.67 Å². The molecule has 27 heavy (non-hydrogen) atoms. The summed E-state index contributed by atoms with van der Waals surface area (Å²) in [4.78, 5) is 33.0. The topological polar surface area (TPSA) is 65.5 Å². The zero-order chi connectivity index (χ0) is 18.8. The predicted molar refractivity (Wildman–Crippen MR) is 108 cm³/mol. The van der Waals surface area contributed by atoms with Gasteiger partial charge in [0.15, 0.2) is 0 Å². The fourth-order valence-corrected chi connectivity index (χ4v) is 3.78. The lowest BCUT2D eigenvalue weighted by Crippen LogP contribution is -2.32. The molecule has 0 radical (unpaired) electrons. The first-order valence-electron chi connectivity index (χ1n) is 8.28. The SMILES string of the molecule is O=C(Nc1ccc(N2CCN(c3ccccc3)C2=O)nc1)c1ccc(Cl)s1. The number of pyridine rings is 1. The number of para-hydroxylation sites is 1. The molecule has 0 aliphatic carbocycles. The van der Waals surface area contributed by atoms with Crippen molar-refractivity contribution in [1.29, 1.82) is 0 Å². The molecule has 6 nitrogen and oxygen atoms in total. The van der Waals surface area contributed by atoms with Crippen LogP contribution in [0.5, 0.6) is 0 Å². The lowest BCUT2D eigenvalue weighted by Gasteiger charge is -2.18. The number of rotatable bonds is 4. The highest BCUT2D eigenvalue weighted by Crippen LogP contribution is 2.25. The fraction of sp³-hybridized carbons (Fsp3) is 0.105. The van der Waals surface area contributed by atoms with E-state index < -0.39 is 0 Å². The Bertz CT molecular complexity index is 975. The van der Waals surface area contributed by atoms with Crippen molar-refractivity contribution in [3.8, 4) is 0 Å². The van der Waals surface area contributed by atoms with Crippen LogP contribution in [0.15, 0.2) is 60.8 Å². The van der Waals surface area contributed by atoms with Gasteiger partial charge in [-0.2, -0.15) is 0 Å². The Hall–Kier alpha value is -2.90. The number of benzene rings is 1. The summed E-state index contributed by atoms with van der Waals surface area (Å²) in [6, 6.07) is 16.2. The van der Waals surface area contributed by atoms with Crippen molar-refractivity contribution in [2.45, 2.75) is 0 Å². The molecule has 3 heterocycles. The number of amides is 3. The highest BCUT2D eigenvalue weighted by atomic mass is 35.5. The van der Waals surface area contributed by atoms with Gasteiger partial charge in [-0.1, -0.05) is 29.8 Å². The van der Waals surface area contributed by atoms with Crippen molar-refractivity contribution in [2.75, 3.05) is 28.2 Å². The molecule has 1 aliphatic heterocycles. The molecule has 0 atom stereocenters. The quantitative estimate of drug-likeness (QED) is 0.703. The van der Waals surface area contributed by atoms with E-state index in [1.54, 1.807) is 40.3 Å². The molecular formula is C19H15ClN4O2S. The Morgan fingerprint density at radius 3 is 2.48 bits per heavy atom. The highest BCUT2D eigenvalue weighted by Gasteiger charge is 2.31. The average molecular weight is 399 g/mol. The number of carbonyl (C=O) groups is 2. The summed E-state index contributed by atoms with van der Waals surface area (Å²) in [6.07, 6.45) is 1.54. The molecule has 0 spiro atoms. The van der Waals surface area contributed by atoms with Crippen molar-refractivity contribution < 1.29 is 9.59 Å². The standard InChI is InChI=1S/C19H15ClN4O2S/c20-16-8-7-15(27-16)18(25)22-13-6-9-17(21-12-13)24-11-10-23(19(24)26)14-4-2-1-3-5-14/h1-9,12H,10-11H2,(H,22,25). The number of anilines is 3. The summed E-state index contributed by atoms with van der Waals surface area (Å²) in [5.41, 5.74) is 1.42. The van der Waals surface area contributed by atoms with Crippen LogP contribution in [0.25, 0.3) is 0 Å². The van der Waals surface area contributed by atoms with Crippen LogP contribution in [0, 0.1) is 0 Å². The van der Waals surface area contributed by atoms with E-state index in [0.29, 0.717) is 33.8 Å². The smallest absolute Gasteiger partial charge is 0.320 e. The van der Waals surface area contributed by atoms with Crippen LogP contribution in [0.3, 0.4) is 0 Å². The summed E-state index contributed by atoms with van der Waals surface area (Å²) in [7, 11) is 0. The van der Waals surface area contributed by atoms with Gasteiger partial charge in [0.25, 0.3) is 5.91 Å². The van der Waals surface area contributed by atoms with Gasteiger partial charge in [-0.25, -0.2) is 9.78 Å². The maximum atomic E-state index is 12.7. The molecule has 1 N–H and O–H groups in total. The van der Waals surface area contributed by atoms with E-state index in [1.807, 2.05) is 30.3 Å². The predicted octanol–water partition coefficient (Wildman–Crippen LogP) is 4.50. The summed E-state index contributed by atoms with van der Waals surface area (Å²) >= 11 is 7.07. The van der Waals surface area contributed by atoms with Crippen LogP contribution >= 0.6 is 22.9 Å². The number of aromatic nitrogens is 1. The fourth-order valence-electron chi connectivity index (χ4n) is 2.85. The van der Waals surface area contributed by atoms with Gasteiger partial charge in [0.1, 0.15) is 5.82 Å². The van der Waals surface area contributed by atoms with E-state index in [-0.39, 0.29) is 11.9 Å². The summed E-state index contributed by atoms with van der Waals surface area (Å²) in [5, 5.41) is 2.77. The number of urea groups is 1. The number of thiophene rings is 1. The zero-order valence-corrected chi connectivity index (χ0v) is 15.7. The summed E-state index contributed by atoms with van der Waals surface area (Å²) in [5.74, 6) is 0.310. The Labute approximate surface area is 165 Å². The van der Waals surface area contributed by atoms with Crippen molar-refractivity contribution in [1.82, 2.24) is 4.98 Å². The second-order valence-corrected chi connectivity index (χ2v) is 7.60.